The van der Waals surface area contributed by atoms with Gasteiger partial charge in [-0.05, 0) is 61.4 Å². The van der Waals surface area contributed by atoms with Crippen molar-refractivity contribution in [3.05, 3.63) is 54.1 Å². The molecule has 0 aromatic heterocycles. The number of anilines is 3. The van der Waals surface area contributed by atoms with E-state index in [0.717, 1.165) is 12.1 Å². The molecule has 1 fully saturated rings. The third-order valence-corrected chi connectivity index (χ3v) is 5.90. The molecule has 1 aliphatic heterocycles. The number of amides is 2. The van der Waals surface area contributed by atoms with Crippen LogP contribution in [-0.4, -0.2) is 32.5 Å². The van der Waals surface area contributed by atoms with Crippen LogP contribution in [0.3, 0.4) is 0 Å². The predicted octanol–water partition coefficient (Wildman–Crippen LogP) is 3.22. The maximum Gasteiger partial charge on any atom is 0.255 e. The van der Waals surface area contributed by atoms with Crippen molar-refractivity contribution >= 4 is 38.9 Å². The SMILES string of the molecule is CCCS(=O)(=O)Nc1ccc(NC(=O)c2ccc(N3CCCC3=O)cc2)cc1. The Morgan fingerprint density at radius 2 is 1.68 bits per heavy atom. The molecule has 2 amide bonds. The fourth-order valence-corrected chi connectivity index (χ4v) is 4.17. The van der Waals surface area contributed by atoms with Crippen LogP contribution in [0, 0.1) is 0 Å². The summed E-state index contributed by atoms with van der Waals surface area (Å²) in [5, 5.41) is 2.77. The van der Waals surface area contributed by atoms with Crippen molar-refractivity contribution < 1.29 is 18.0 Å². The Morgan fingerprint density at radius 1 is 1.04 bits per heavy atom. The first-order valence-electron chi connectivity index (χ1n) is 9.20. The van der Waals surface area contributed by atoms with Gasteiger partial charge < -0.3 is 10.2 Å². The smallest absolute Gasteiger partial charge is 0.255 e. The monoisotopic (exact) mass is 401 g/mol. The molecule has 0 unspecified atom stereocenters. The fourth-order valence-electron chi connectivity index (χ4n) is 3.04. The van der Waals surface area contributed by atoms with Crippen molar-refractivity contribution in [1.29, 1.82) is 0 Å². The lowest BCUT2D eigenvalue weighted by atomic mass is 10.1. The summed E-state index contributed by atoms with van der Waals surface area (Å²) in [5.41, 5.74) is 2.28. The molecule has 0 atom stereocenters. The standard InChI is InChI=1S/C20H23N3O4S/c1-2-14-28(26,27)22-17-9-7-16(8-10-17)21-20(25)15-5-11-18(12-6-15)23-13-3-4-19(23)24/h5-12,22H,2-4,13-14H2,1H3,(H,21,25). The average Bonchev–Trinajstić information content (AvgIpc) is 3.09. The van der Waals surface area contributed by atoms with Gasteiger partial charge >= 0.3 is 0 Å². The largest absolute Gasteiger partial charge is 0.322 e. The summed E-state index contributed by atoms with van der Waals surface area (Å²) >= 11 is 0. The van der Waals surface area contributed by atoms with Crippen molar-refractivity contribution in [1.82, 2.24) is 0 Å². The van der Waals surface area contributed by atoms with Crippen molar-refractivity contribution in [2.24, 2.45) is 0 Å². The minimum absolute atomic E-state index is 0.0600. The number of benzene rings is 2. The van der Waals surface area contributed by atoms with E-state index < -0.39 is 10.0 Å². The molecule has 0 spiro atoms. The second-order valence-electron chi connectivity index (χ2n) is 6.65. The lowest BCUT2D eigenvalue weighted by Gasteiger charge is -2.15. The van der Waals surface area contributed by atoms with Gasteiger partial charge in [0, 0.05) is 35.6 Å². The Morgan fingerprint density at radius 3 is 2.25 bits per heavy atom. The average molecular weight is 401 g/mol. The molecule has 0 aliphatic carbocycles. The summed E-state index contributed by atoms with van der Waals surface area (Å²) in [4.78, 5) is 25.9. The molecule has 0 bridgehead atoms. The van der Waals surface area contributed by atoms with Gasteiger partial charge in [-0.2, -0.15) is 0 Å². The number of hydrogen-bond acceptors (Lipinski definition) is 4. The highest BCUT2D eigenvalue weighted by Crippen LogP contribution is 2.22. The van der Waals surface area contributed by atoms with E-state index in [-0.39, 0.29) is 17.6 Å². The second-order valence-corrected chi connectivity index (χ2v) is 8.49. The summed E-state index contributed by atoms with van der Waals surface area (Å²) in [6, 6.07) is 13.4. The van der Waals surface area contributed by atoms with Crippen LogP contribution in [0.2, 0.25) is 0 Å². The number of hydrogen-bond donors (Lipinski definition) is 2. The first-order chi connectivity index (χ1) is 13.4. The minimum Gasteiger partial charge on any atom is -0.322 e. The molecular weight excluding hydrogens is 378 g/mol. The Bertz CT molecular complexity index is 954. The van der Waals surface area contributed by atoms with Crippen LogP contribution >= 0.6 is 0 Å². The highest BCUT2D eigenvalue weighted by molar-refractivity contribution is 7.92. The van der Waals surface area contributed by atoms with Crippen LogP contribution in [0.15, 0.2) is 48.5 Å². The van der Waals surface area contributed by atoms with Crippen LogP contribution in [0.4, 0.5) is 17.1 Å². The quantitative estimate of drug-likeness (QED) is 0.745. The van der Waals surface area contributed by atoms with E-state index in [1.165, 1.54) is 0 Å². The third kappa shape index (κ3) is 4.89. The lowest BCUT2D eigenvalue weighted by molar-refractivity contribution is -0.117. The van der Waals surface area contributed by atoms with Gasteiger partial charge in [-0.15, -0.1) is 0 Å². The van der Waals surface area contributed by atoms with Crippen LogP contribution in [0.25, 0.3) is 0 Å². The van der Waals surface area contributed by atoms with Crippen molar-refractivity contribution in [2.45, 2.75) is 26.2 Å². The molecule has 2 aromatic rings. The number of nitrogens with zero attached hydrogens (tertiary/aromatic N) is 1. The zero-order chi connectivity index (χ0) is 20.1. The summed E-state index contributed by atoms with van der Waals surface area (Å²) in [6.45, 7) is 2.51. The van der Waals surface area contributed by atoms with Crippen molar-refractivity contribution in [2.75, 3.05) is 27.2 Å². The van der Waals surface area contributed by atoms with Gasteiger partial charge in [-0.1, -0.05) is 6.92 Å². The number of carbonyl (C=O) groups excluding carboxylic acids is 2. The molecule has 1 aliphatic rings. The first kappa shape index (κ1) is 19.9. The maximum absolute atomic E-state index is 12.4. The Labute approximate surface area is 164 Å². The van der Waals surface area contributed by atoms with Crippen molar-refractivity contribution in [3.63, 3.8) is 0 Å². The van der Waals surface area contributed by atoms with Gasteiger partial charge in [0.25, 0.3) is 5.91 Å². The molecule has 0 radical (unpaired) electrons. The van der Waals surface area contributed by atoms with E-state index in [4.69, 9.17) is 0 Å². The minimum atomic E-state index is -3.34. The van der Waals surface area contributed by atoms with E-state index in [9.17, 15) is 18.0 Å². The van der Waals surface area contributed by atoms with Crippen LogP contribution < -0.4 is 14.9 Å². The molecule has 8 heteroatoms. The summed E-state index contributed by atoms with van der Waals surface area (Å²) in [7, 11) is -3.34. The molecule has 3 rings (SSSR count). The molecule has 1 heterocycles. The Balaban J connectivity index is 1.62. The van der Waals surface area contributed by atoms with E-state index in [2.05, 4.69) is 10.0 Å². The van der Waals surface area contributed by atoms with Crippen LogP contribution in [0.1, 0.15) is 36.5 Å². The van der Waals surface area contributed by atoms with Crippen LogP contribution in [-0.2, 0) is 14.8 Å². The molecule has 7 nitrogen and oxygen atoms in total. The molecule has 0 saturated carbocycles. The van der Waals surface area contributed by atoms with E-state index >= 15 is 0 Å². The van der Waals surface area contributed by atoms with Gasteiger partial charge in [0.15, 0.2) is 0 Å². The Kier molecular flexibility index (Phi) is 5.99. The molecule has 2 N–H and O–H groups in total. The summed E-state index contributed by atoms with van der Waals surface area (Å²) in [6.07, 6.45) is 1.95. The predicted molar refractivity (Wildman–Crippen MR) is 110 cm³/mol. The second kappa shape index (κ2) is 8.43. The summed E-state index contributed by atoms with van der Waals surface area (Å²) in [5.74, 6) is -0.115. The van der Waals surface area contributed by atoms with E-state index in [0.29, 0.717) is 36.3 Å². The van der Waals surface area contributed by atoms with Gasteiger partial charge in [0.05, 0.1) is 5.75 Å². The first-order valence-corrected chi connectivity index (χ1v) is 10.9. The number of sulfonamides is 1. The molecule has 2 aromatic carbocycles. The van der Waals surface area contributed by atoms with Gasteiger partial charge in [-0.3, -0.25) is 14.3 Å². The van der Waals surface area contributed by atoms with Gasteiger partial charge in [0.2, 0.25) is 15.9 Å². The lowest BCUT2D eigenvalue weighted by Crippen LogP contribution is -2.23. The molecule has 28 heavy (non-hydrogen) atoms. The molecule has 148 valence electrons. The zero-order valence-corrected chi connectivity index (χ0v) is 16.5. The van der Waals surface area contributed by atoms with Gasteiger partial charge in [0.1, 0.15) is 0 Å². The fraction of sp³-hybridized carbons (Fsp3) is 0.300. The number of rotatable bonds is 7. The zero-order valence-electron chi connectivity index (χ0n) is 15.6. The van der Waals surface area contributed by atoms with E-state index in [1.807, 2.05) is 0 Å². The maximum atomic E-state index is 12.4. The summed E-state index contributed by atoms with van der Waals surface area (Å²) < 4.78 is 26.1. The normalized spacial score (nSPS) is 14.2. The molecule has 1 saturated heterocycles. The van der Waals surface area contributed by atoms with Crippen LogP contribution in [0.5, 0.6) is 0 Å². The number of nitrogens with one attached hydrogen (secondary N) is 2. The highest BCUT2D eigenvalue weighted by Gasteiger charge is 2.21. The van der Waals surface area contributed by atoms with Gasteiger partial charge in [-0.25, -0.2) is 8.42 Å². The number of carbonyl (C=O) groups is 2. The molecular formula is C20H23N3O4S. The topological polar surface area (TPSA) is 95.6 Å². The van der Waals surface area contributed by atoms with Crippen molar-refractivity contribution in [3.8, 4) is 0 Å². The third-order valence-electron chi connectivity index (χ3n) is 4.40. The van der Waals surface area contributed by atoms with E-state index in [1.54, 1.807) is 60.4 Å². The highest BCUT2D eigenvalue weighted by atomic mass is 32.2. The Hall–Kier alpha value is -2.87.